The van der Waals surface area contributed by atoms with Crippen LogP contribution in [-0.2, 0) is 11.3 Å². The fourth-order valence-electron chi connectivity index (χ4n) is 1.98. The van der Waals surface area contributed by atoms with Crippen molar-refractivity contribution in [2.24, 2.45) is 5.73 Å². The zero-order chi connectivity index (χ0) is 12.3. The lowest BCUT2D eigenvalue weighted by atomic mass is 10.2. The van der Waals surface area contributed by atoms with Gasteiger partial charge >= 0.3 is 0 Å². The number of benzene rings is 1. The second-order valence-electron chi connectivity index (χ2n) is 4.18. The van der Waals surface area contributed by atoms with Crippen molar-refractivity contribution in [2.45, 2.75) is 12.6 Å². The summed E-state index contributed by atoms with van der Waals surface area (Å²) in [5.41, 5.74) is 6.38. The summed E-state index contributed by atoms with van der Waals surface area (Å²) in [5.74, 6) is -0.368. The van der Waals surface area contributed by atoms with Crippen LogP contribution in [0.25, 0.3) is 0 Å². The van der Waals surface area contributed by atoms with Crippen LogP contribution < -0.4 is 5.73 Å². The number of nitrogens with two attached hydrogens (primary N) is 1. The van der Waals surface area contributed by atoms with Gasteiger partial charge in [-0.2, -0.15) is 0 Å². The minimum atomic E-state index is -0.368. The molecule has 3 nitrogen and oxygen atoms in total. The van der Waals surface area contributed by atoms with Crippen LogP contribution in [0.15, 0.2) is 18.2 Å². The fraction of sp³-hybridized carbons (Fsp3) is 0.500. The molecule has 0 bridgehead atoms. The van der Waals surface area contributed by atoms with Gasteiger partial charge in [-0.15, -0.1) is 0 Å². The lowest BCUT2D eigenvalue weighted by molar-refractivity contribution is -0.0260. The molecule has 1 unspecified atom stereocenters. The van der Waals surface area contributed by atoms with Gasteiger partial charge < -0.3 is 10.5 Å². The molecular weight excluding hydrogens is 243 g/mol. The second-order valence-corrected chi connectivity index (χ2v) is 4.55. The number of halogens is 2. The first-order valence-corrected chi connectivity index (χ1v) is 6.05. The Morgan fingerprint density at radius 3 is 3.12 bits per heavy atom. The maximum absolute atomic E-state index is 13.3. The number of nitrogens with zero attached hydrogens (tertiary/aromatic N) is 1. The highest BCUT2D eigenvalue weighted by Gasteiger charge is 2.20. The molecule has 1 saturated heterocycles. The molecule has 1 heterocycles. The van der Waals surface area contributed by atoms with Gasteiger partial charge in [0.15, 0.2) is 0 Å². The van der Waals surface area contributed by atoms with E-state index in [0.29, 0.717) is 19.7 Å². The Kier molecular flexibility index (Phi) is 4.34. The molecule has 1 aromatic rings. The highest BCUT2D eigenvalue weighted by Crippen LogP contribution is 2.21. The van der Waals surface area contributed by atoms with Crippen molar-refractivity contribution in [1.82, 2.24) is 4.90 Å². The van der Waals surface area contributed by atoms with E-state index in [2.05, 4.69) is 4.90 Å². The van der Waals surface area contributed by atoms with Gasteiger partial charge in [0.1, 0.15) is 5.82 Å². The van der Waals surface area contributed by atoms with Gasteiger partial charge in [0.2, 0.25) is 0 Å². The lowest BCUT2D eigenvalue weighted by Gasteiger charge is -2.32. The first-order valence-electron chi connectivity index (χ1n) is 5.67. The van der Waals surface area contributed by atoms with Gasteiger partial charge in [0.05, 0.1) is 17.7 Å². The maximum atomic E-state index is 13.3. The quantitative estimate of drug-likeness (QED) is 0.896. The molecule has 2 rings (SSSR count). The van der Waals surface area contributed by atoms with E-state index in [1.807, 2.05) is 6.07 Å². The van der Waals surface area contributed by atoms with E-state index >= 15 is 0 Å². The first-order chi connectivity index (χ1) is 8.20. The summed E-state index contributed by atoms with van der Waals surface area (Å²) >= 11 is 5.93. The van der Waals surface area contributed by atoms with Crippen molar-refractivity contribution >= 4 is 11.6 Å². The predicted octanol–water partition coefficient (Wildman–Crippen LogP) is 1.64. The van der Waals surface area contributed by atoms with Crippen LogP contribution in [0.1, 0.15) is 5.56 Å². The zero-order valence-corrected chi connectivity index (χ0v) is 10.3. The van der Waals surface area contributed by atoms with Gasteiger partial charge in [0.25, 0.3) is 0 Å². The molecule has 1 aliphatic heterocycles. The minimum absolute atomic E-state index is 0.0658. The number of hydrogen-bond donors (Lipinski definition) is 1. The first kappa shape index (κ1) is 12.8. The fourth-order valence-corrected chi connectivity index (χ4v) is 2.16. The van der Waals surface area contributed by atoms with Crippen LogP contribution in [0.2, 0.25) is 5.02 Å². The smallest absolute Gasteiger partial charge is 0.142 e. The summed E-state index contributed by atoms with van der Waals surface area (Å²) in [7, 11) is 0. The van der Waals surface area contributed by atoms with Gasteiger partial charge in [-0.1, -0.05) is 23.7 Å². The van der Waals surface area contributed by atoms with Crippen molar-refractivity contribution in [1.29, 1.82) is 0 Å². The molecule has 0 aromatic heterocycles. The van der Waals surface area contributed by atoms with Crippen molar-refractivity contribution in [3.8, 4) is 0 Å². The third kappa shape index (κ3) is 3.16. The molecule has 1 fully saturated rings. The molecule has 2 N–H and O–H groups in total. The van der Waals surface area contributed by atoms with Gasteiger partial charge in [0, 0.05) is 26.2 Å². The predicted molar refractivity (Wildman–Crippen MR) is 65.5 cm³/mol. The number of morpholine rings is 1. The molecule has 0 amide bonds. The Labute approximate surface area is 105 Å². The van der Waals surface area contributed by atoms with Crippen molar-refractivity contribution in [3.05, 3.63) is 34.6 Å². The molecule has 5 heteroatoms. The minimum Gasteiger partial charge on any atom is -0.374 e. The SMILES string of the molecule is NCC1CN(Cc2cccc(F)c2Cl)CCO1. The maximum Gasteiger partial charge on any atom is 0.142 e. The van der Waals surface area contributed by atoms with E-state index in [4.69, 9.17) is 22.1 Å². The highest BCUT2D eigenvalue weighted by atomic mass is 35.5. The van der Waals surface area contributed by atoms with E-state index in [1.165, 1.54) is 6.07 Å². The number of ether oxygens (including phenoxy) is 1. The molecule has 0 spiro atoms. The molecule has 1 atom stereocenters. The monoisotopic (exact) mass is 258 g/mol. The Morgan fingerprint density at radius 1 is 1.53 bits per heavy atom. The van der Waals surface area contributed by atoms with Crippen LogP contribution in [0.4, 0.5) is 4.39 Å². The third-order valence-electron chi connectivity index (χ3n) is 2.91. The summed E-state index contributed by atoms with van der Waals surface area (Å²) in [5, 5.41) is 0.211. The van der Waals surface area contributed by atoms with Crippen molar-refractivity contribution in [3.63, 3.8) is 0 Å². The summed E-state index contributed by atoms with van der Waals surface area (Å²) < 4.78 is 18.8. The van der Waals surface area contributed by atoms with E-state index in [9.17, 15) is 4.39 Å². The average Bonchev–Trinajstić information content (AvgIpc) is 2.35. The summed E-state index contributed by atoms with van der Waals surface area (Å²) in [4.78, 5) is 2.18. The molecule has 0 radical (unpaired) electrons. The Hall–Kier alpha value is -0.680. The molecule has 94 valence electrons. The van der Waals surface area contributed by atoms with Gasteiger partial charge in [-0.25, -0.2) is 4.39 Å². The zero-order valence-electron chi connectivity index (χ0n) is 9.53. The summed E-state index contributed by atoms with van der Waals surface area (Å²) in [6.45, 7) is 3.39. The Balaban J connectivity index is 2.02. The Morgan fingerprint density at radius 2 is 2.35 bits per heavy atom. The van der Waals surface area contributed by atoms with Gasteiger partial charge in [-0.05, 0) is 11.6 Å². The van der Waals surface area contributed by atoms with Crippen LogP contribution in [0.5, 0.6) is 0 Å². The van der Waals surface area contributed by atoms with Gasteiger partial charge in [-0.3, -0.25) is 4.90 Å². The van der Waals surface area contributed by atoms with Crippen LogP contribution in [-0.4, -0.2) is 37.2 Å². The second kappa shape index (κ2) is 5.78. The van der Waals surface area contributed by atoms with E-state index in [0.717, 1.165) is 18.7 Å². The Bertz CT molecular complexity index is 389. The van der Waals surface area contributed by atoms with Crippen LogP contribution >= 0.6 is 11.6 Å². The molecular formula is C12H16ClFN2O. The van der Waals surface area contributed by atoms with E-state index in [1.54, 1.807) is 6.07 Å². The van der Waals surface area contributed by atoms with Crippen molar-refractivity contribution in [2.75, 3.05) is 26.2 Å². The van der Waals surface area contributed by atoms with Crippen LogP contribution in [0, 0.1) is 5.82 Å². The van der Waals surface area contributed by atoms with Crippen LogP contribution in [0.3, 0.4) is 0 Å². The molecule has 1 aliphatic rings. The van der Waals surface area contributed by atoms with E-state index < -0.39 is 0 Å². The number of hydrogen-bond acceptors (Lipinski definition) is 3. The largest absolute Gasteiger partial charge is 0.374 e. The average molecular weight is 259 g/mol. The molecule has 17 heavy (non-hydrogen) atoms. The number of rotatable bonds is 3. The molecule has 0 aliphatic carbocycles. The molecule has 1 aromatic carbocycles. The van der Waals surface area contributed by atoms with Crippen molar-refractivity contribution < 1.29 is 9.13 Å². The normalized spacial score (nSPS) is 21.7. The highest BCUT2D eigenvalue weighted by molar-refractivity contribution is 6.31. The van der Waals surface area contributed by atoms with E-state index in [-0.39, 0.29) is 16.9 Å². The summed E-state index contributed by atoms with van der Waals surface area (Å²) in [6.07, 6.45) is 0.0658. The molecule has 0 saturated carbocycles. The summed E-state index contributed by atoms with van der Waals surface area (Å²) in [6, 6.07) is 4.89. The lowest BCUT2D eigenvalue weighted by Crippen LogP contribution is -2.45. The third-order valence-corrected chi connectivity index (χ3v) is 3.33. The topological polar surface area (TPSA) is 38.5 Å². The standard InChI is InChI=1S/C12H16ClFN2O/c13-12-9(2-1-3-11(12)14)7-16-4-5-17-10(6-15)8-16/h1-3,10H,4-8,15H2.